The number of carbonyl (C=O) groups excluding carboxylic acids is 2. The fraction of sp³-hybridized carbons (Fsp3) is 0.280. The molecule has 0 aliphatic carbocycles. The number of hydrogen-bond acceptors (Lipinski definition) is 5. The summed E-state index contributed by atoms with van der Waals surface area (Å²) < 4.78 is 1.97. The number of aromatic nitrogens is 3. The van der Waals surface area contributed by atoms with Gasteiger partial charge in [0.2, 0.25) is 0 Å². The molecule has 1 aromatic heterocycles. The minimum absolute atomic E-state index is 0.00844. The van der Waals surface area contributed by atoms with Crippen molar-refractivity contribution in [1.29, 1.82) is 0 Å². The summed E-state index contributed by atoms with van der Waals surface area (Å²) >= 11 is 1.37. The molecule has 6 nitrogen and oxygen atoms in total. The first-order chi connectivity index (χ1) is 15.6. The molecule has 0 bridgehead atoms. The first-order valence-electron chi connectivity index (χ1n) is 10.7. The van der Waals surface area contributed by atoms with Gasteiger partial charge < -0.3 is 9.47 Å². The lowest BCUT2D eigenvalue weighted by Gasteiger charge is -2.24. The van der Waals surface area contributed by atoms with Gasteiger partial charge >= 0.3 is 0 Å². The molecule has 0 radical (unpaired) electrons. The predicted molar refractivity (Wildman–Crippen MR) is 126 cm³/mol. The average Bonchev–Trinajstić information content (AvgIpc) is 3.45. The number of ketones is 1. The monoisotopic (exact) mass is 446 g/mol. The number of aryl methyl sites for hydroxylation is 1. The van der Waals surface area contributed by atoms with E-state index in [0.29, 0.717) is 29.4 Å². The lowest BCUT2D eigenvalue weighted by molar-refractivity contribution is 0.0727. The average molecular weight is 447 g/mol. The first kappa shape index (κ1) is 22.0. The van der Waals surface area contributed by atoms with Crippen molar-refractivity contribution in [1.82, 2.24) is 19.7 Å². The molecule has 1 aliphatic heterocycles. The molecule has 0 saturated carbocycles. The van der Waals surface area contributed by atoms with E-state index in [1.54, 1.807) is 6.08 Å². The van der Waals surface area contributed by atoms with Crippen molar-refractivity contribution in [3.8, 4) is 0 Å². The van der Waals surface area contributed by atoms with Gasteiger partial charge in [0.05, 0.1) is 11.8 Å². The van der Waals surface area contributed by atoms with Crippen molar-refractivity contribution >= 4 is 23.5 Å². The molecule has 2 aromatic carbocycles. The molecule has 0 N–H and O–H groups in total. The lowest BCUT2D eigenvalue weighted by Crippen LogP contribution is -2.32. The number of hydrogen-bond donors (Lipinski definition) is 0. The van der Waals surface area contributed by atoms with Crippen LogP contribution in [0.3, 0.4) is 0 Å². The summed E-state index contributed by atoms with van der Waals surface area (Å²) in [7, 11) is 0. The molecule has 0 spiro atoms. The third-order valence-electron chi connectivity index (χ3n) is 5.60. The summed E-state index contributed by atoms with van der Waals surface area (Å²) in [6, 6.07) is 16.7. The Kier molecular flexibility index (Phi) is 6.85. The highest BCUT2D eigenvalue weighted by atomic mass is 32.2. The Morgan fingerprint density at radius 3 is 2.56 bits per heavy atom. The Morgan fingerprint density at radius 1 is 1.09 bits per heavy atom. The van der Waals surface area contributed by atoms with Crippen molar-refractivity contribution in [2.24, 2.45) is 0 Å². The minimum Gasteiger partial charge on any atom is -0.328 e. The summed E-state index contributed by atoms with van der Waals surface area (Å²) in [5.74, 6) is 1.07. The summed E-state index contributed by atoms with van der Waals surface area (Å²) in [6.07, 6.45) is 3.54. The Bertz CT molecular complexity index is 1110. The molecule has 1 unspecified atom stereocenters. The van der Waals surface area contributed by atoms with Gasteiger partial charge in [-0.05, 0) is 31.9 Å². The van der Waals surface area contributed by atoms with Crippen LogP contribution in [-0.4, -0.2) is 43.7 Å². The van der Waals surface area contributed by atoms with E-state index in [9.17, 15) is 9.59 Å². The molecular weight excluding hydrogens is 420 g/mol. The van der Waals surface area contributed by atoms with Gasteiger partial charge in [-0.2, -0.15) is 0 Å². The highest BCUT2D eigenvalue weighted by molar-refractivity contribution is 7.99. The molecule has 164 valence electrons. The second-order valence-electron chi connectivity index (χ2n) is 7.84. The van der Waals surface area contributed by atoms with Crippen LogP contribution in [0.4, 0.5) is 0 Å². The molecule has 1 fully saturated rings. The molecule has 1 aliphatic rings. The van der Waals surface area contributed by atoms with Crippen molar-refractivity contribution in [3.05, 3.63) is 89.8 Å². The van der Waals surface area contributed by atoms with E-state index >= 15 is 0 Å². The van der Waals surface area contributed by atoms with Crippen LogP contribution in [0.2, 0.25) is 0 Å². The molecule has 1 saturated heterocycles. The molecular formula is C25H26N4O2S. The number of allylic oxidation sites excluding steroid dienone is 1. The van der Waals surface area contributed by atoms with Gasteiger partial charge in [0, 0.05) is 24.2 Å². The van der Waals surface area contributed by atoms with Crippen molar-refractivity contribution in [3.63, 3.8) is 0 Å². The van der Waals surface area contributed by atoms with Gasteiger partial charge in [-0.3, -0.25) is 9.59 Å². The van der Waals surface area contributed by atoms with E-state index in [4.69, 9.17) is 0 Å². The zero-order valence-electron chi connectivity index (χ0n) is 18.1. The van der Waals surface area contributed by atoms with Gasteiger partial charge in [0.15, 0.2) is 16.8 Å². The molecule has 2 heterocycles. The van der Waals surface area contributed by atoms with Gasteiger partial charge in [-0.15, -0.1) is 16.8 Å². The Balaban J connectivity index is 1.54. The quantitative estimate of drug-likeness (QED) is 0.284. The van der Waals surface area contributed by atoms with Crippen molar-refractivity contribution < 1.29 is 9.59 Å². The number of Topliss-reactive ketones (excluding diaryl/α,β-unsaturated/α-hetero) is 1. The summed E-state index contributed by atoms with van der Waals surface area (Å²) in [5, 5.41) is 9.47. The largest absolute Gasteiger partial charge is 0.328 e. The van der Waals surface area contributed by atoms with E-state index in [2.05, 4.69) is 16.8 Å². The second kappa shape index (κ2) is 9.96. The normalized spacial score (nSPS) is 15.7. The molecule has 7 heteroatoms. The zero-order valence-corrected chi connectivity index (χ0v) is 18.9. The lowest BCUT2D eigenvalue weighted by atomic mass is 10.1. The molecule has 4 rings (SSSR count). The molecule has 32 heavy (non-hydrogen) atoms. The van der Waals surface area contributed by atoms with E-state index in [-0.39, 0.29) is 23.5 Å². The highest BCUT2D eigenvalue weighted by Gasteiger charge is 2.34. The third kappa shape index (κ3) is 4.67. The third-order valence-corrected chi connectivity index (χ3v) is 6.56. The van der Waals surface area contributed by atoms with E-state index < -0.39 is 0 Å². The van der Waals surface area contributed by atoms with Crippen LogP contribution in [0.5, 0.6) is 0 Å². The zero-order chi connectivity index (χ0) is 22.5. The topological polar surface area (TPSA) is 68.1 Å². The number of benzene rings is 2. The fourth-order valence-electron chi connectivity index (χ4n) is 3.93. The van der Waals surface area contributed by atoms with Gasteiger partial charge in [-0.25, -0.2) is 0 Å². The number of likely N-dealkylation sites (tertiary alicyclic amines) is 1. The minimum atomic E-state index is -0.143. The van der Waals surface area contributed by atoms with Crippen LogP contribution in [-0.2, 0) is 6.54 Å². The number of carbonyl (C=O) groups is 2. The summed E-state index contributed by atoms with van der Waals surface area (Å²) in [4.78, 5) is 27.6. The van der Waals surface area contributed by atoms with E-state index in [0.717, 1.165) is 24.2 Å². The highest BCUT2D eigenvalue weighted by Crippen LogP contribution is 2.34. The smallest absolute Gasteiger partial charge is 0.254 e. The summed E-state index contributed by atoms with van der Waals surface area (Å²) in [5.41, 5.74) is 2.48. The SMILES string of the molecule is C=CCn1c(SCC(=O)c2ccccc2)nnc1C1CCCN1C(=O)c1ccc(C)cc1. The summed E-state index contributed by atoms with van der Waals surface area (Å²) in [6.45, 7) is 7.08. The molecule has 3 aromatic rings. The van der Waals surface area contributed by atoms with Crippen LogP contribution in [0.1, 0.15) is 51.0 Å². The number of thioether (sulfide) groups is 1. The van der Waals surface area contributed by atoms with Crippen molar-refractivity contribution in [2.45, 2.75) is 37.5 Å². The maximum Gasteiger partial charge on any atom is 0.254 e. The van der Waals surface area contributed by atoms with E-state index in [1.807, 2.05) is 71.0 Å². The standard InChI is InChI=1S/C25H26N4O2S/c1-3-15-29-23(26-27-25(29)32-17-22(30)19-8-5-4-6-9-19)21-10-7-16-28(21)24(31)20-13-11-18(2)12-14-20/h3-6,8-9,11-14,21H,1,7,10,15-17H2,2H3. The predicted octanol–water partition coefficient (Wildman–Crippen LogP) is 4.72. The van der Waals surface area contributed by atoms with Gasteiger partial charge in [0.25, 0.3) is 5.91 Å². The molecule has 1 amide bonds. The van der Waals surface area contributed by atoms with Crippen LogP contribution >= 0.6 is 11.8 Å². The molecule has 1 atom stereocenters. The number of rotatable bonds is 8. The first-order valence-corrected chi connectivity index (χ1v) is 11.7. The van der Waals surface area contributed by atoms with Gasteiger partial charge in [-0.1, -0.05) is 65.9 Å². The number of nitrogens with zero attached hydrogens (tertiary/aromatic N) is 4. The van der Waals surface area contributed by atoms with Crippen molar-refractivity contribution in [2.75, 3.05) is 12.3 Å². The van der Waals surface area contributed by atoms with Crippen LogP contribution < -0.4 is 0 Å². The van der Waals surface area contributed by atoms with Crippen LogP contribution in [0.15, 0.2) is 72.4 Å². The Morgan fingerprint density at radius 2 is 1.84 bits per heavy atom. The number of amides is 1. The Hall–Kier alpha value is -3.19. The van der Waals surface area contributed by atoms with E-state index in [1.165, 1.54) is 11.8 Å². The second-order valence-corrected chi connectivity index (χ2v) is 8.78. The van der Waals surface area contributed by atoms with Crippen LogP contribution in [0, 0.1) is 6.92 Å². The van der Waals surface area contributed by atoms with Gasteiger partial charge in [0.1, 0.15) is 0 Å². The maximum absolute atomic E-state index is 13.2. The maximum atomic E-state index is 13.2. The van der Waals surface area contributed by atoms with Crippen LogP contribution in [0.25, 0.3) is 0 Å². The fourth-order valence-corrected chi connectivity index (χ4v) is 4.78. The Labute approximate surface area is 192 Å².